The first-order valence-electron chi connectivity index (χ1n) is 4.07. The summed E-state index contributed by atoms with van der Waals surface area (Å²) >= 11 is 0. The van der Waals surface area contributed by atoms with Crippen LogP contribution in [0, 0.1) is 0 Å². The summed E-state index contributed by atoms with van der Waals surface area (Å²) in [6, 6.07) is 0. The second-order valence-corrected chi connectivity index (χ2v) is 3.69. The molecule has 1 unspecified atom stereocenters. The summed E-state index contributed by atoms with van der Waals surface area (Å²) in [4.78, 5) is 11.1. The number of carbonyl (C=O) groups is 1. The first-order valence-corrected chi connectivity index (χ1v) is 4.07. The summed E-state index contributed by atoms with van der Waals surface area (Å²) in [7, 11) is 0. The van der Waals surface area contributed by atoms with E-state index in [0.717, 1.165) is 0 Å². The summed E-state index contributed by atoms with van der Waals surface area (Å²) < 4.78 is 5.44. The molecule has 66 valence electrons. The van der Waals surface area contributed by atoms with Gasteiger partial charge in [-0.1, -0.05) is 6.92 Å². The average Bonchev–Trinajstić information content (AvgIpc) is 1.82. The van der Waals surface area contributed by atoms with Gasteiger partial charge in [-0.3, -0.25) is 4.79 Å². The lowest BCUT2D eigenvalue weighted by Gasteiger charge is -2.23. The van der Waals surface area contributed by atoms with Gasteiger partial charge in [0.2, 0.25) is 0 Å². The summed E-state index contributed by atoms with van der Waals surface area (Å²) in [5.74, 6) is 0.167. The highest BCUT2D eigenvalue weighted by Gasteiger charge is 2.19. The molecule has 0 N–H and O–H groups in total. The molecule has 11 heavy (non-hydrogen) atoms. The van der Waals surface area contributed by atoms with Crippen LogP contribution in [0.1, 0.15) is 41.0 Å². The molecule has 1 atom stereocenters. The van der Waals surface area contributed by atoms with E-state index in [2.05, 4.69) is 0 Å². The van der Waals surface area contributed by atoms with Gasteiger partial charge in [0, 0.05) is 6.42 Å². The minimum absolute atomic E-state index is 0.167. The van der Waals surface area contributed by atoms with Crippen molar-refractivity contribution in [3.8, 4) is 0 Å². The van der Waals surface area contributed by atoms with Gasteiger partial charge in [0.05, 0.1) is 5.60 Å². The van der Waals surface area contributed by atoms with Crippen LogP contribution in [0.3, 0.4) is 0 Å². The molecule has 0 aliphatic rings. The number of ether oxygens (including phenoxy) is 1. The lowest BCUT2D eigenvalue weighted by Crippen LogP contribution is -2.30. The quantitative estimate of drug-likeness (QED) is 0.629. The van der Waals surface area contributed by atoms with Crippen molar-refractivity contribution in [2.75, 3.05) is 0 Å². The molecule has 0 rings (SSSR count). The average molecular weight is 158 g/mol. The highest BCUT2D eigenvalue weighted by molar-refractivity contribution is 5.82. The van der Waals surface area contributed by atoms with Gasteiger partial charge >= 0.3 is 0 Å². The molecule has 0 saturated heterocycles. The molecule has 0 radical (unpaired) electrons. The highest BCUT2D eigenvalue weighted by atomic mass is 16.5. The lowest BCUT2D eigenvalue weighted by atomic mass is 10.1. The Balaban J connectivity index is 3.87. The molecular formula is C9H18O2. The van der Waals surface area contributed by atoms with Gasteiger partial charge in [0.1, 0.15) is 6.10 Å². The number of hydrogen-bond donors (Lipinski definition) is 0. The van der Waals surface area contributed by atoms with Gasteiger partial charge < -0.3 is 4.74 Å². The van der Waals surface area contributed by atoms with Crippen molar-refractivity contribution < 1.29 is 9.53 Å². The van der Waals surface area contributed by atoms with E-state index in [0.29, 0.717) is 6.42 Å². The van der Waals surface area contributed by atoms with Gasteiger partial charge in [-0.25, -0.2) is 0 Å². The minimum Gasteiger partial charge on any atom is -0.365 e. The molecule has 0 aliphatic carbocycles. The van der Waals surface area contributed by atoms with Crippen LogP contribution in [0.15, 0.2) is 0 Å². The monoisotopic (exact) mass is 158 g/mol. The van der Waals surface area contributed by atoms with Crippen molar-refractivity contribution in [1.29, 1.82) is 0 Å². The van der Waals surface area contributed by atoms with E-state index in [-0.39, 0.29) is 17.5 Å². The number of ketones is 1. The predicted octanol–water partition coefficient (Wildman–Crippen LogP) is 2.17. The molecule has 0 fully saturated rings. The number of hydrogen-bond acceptors (Lipinski definition) is 2. The Morgan fingerprint density at radius 2 is 1.91 bits per heavy atom. The number of carbonyl (C=O) groups excluding carboxylic acids is 1. The molecule has 0 saturated carbocycles. The molecule has 2 heteroatoms. The van der Waals surface area contributed by atoms with Crippen molar-refractivity contribution in [2.45, 2.75) is 52.7 Å². The van der Waals surface area contributed by atoms with Crippen molar-refractivity contribution in [2.24, 2.45) is 0 Å². The van der Waals surface area contributed by atoms with E-state index in [9.17, 15) is 4.79 Å². The van der Waals surface area contributed by atoms with Gasteiger partial charge in [0.15, 0.2) is 5.78 Å². The molecule has 0 aromatic rings. The van der Waals surface area contributed by atoms with E-state index >= 15 is 0 Å². The predicted molar refractivity (Wildman–Crippen MR) is 45.6 cm³/mol. The van der Waals surface area contributed by atoms with Gasteiger partial charge in [0.25, 0.3) is 0 Å². The highest BCUT2D eigenvalue weighted by Crippen LogP contribution is 2.11. The van der Waals surface area contributed by atoms with Gasteiger partial charge in [-0.2, -0.15) is 0 Å². The summed E-state index contributed by atoms with van der Waals surface area (Å²) in [6.07, 6.45) is 0.289. The van der Waals surface area contributed by atoms with Gasteiger partial charge in [-0.05, 0) is 27.7 Å². The van der Waals surface area contributed by atoms with E-state index in [1.807, 2.05) is 27.7 Å². The topological polar surface area (TPSA) is 26.3 Å². The summed E-state index contributed by atoms with van der Waals surface area (Å²) in [6.45, 7) is 9.51. The molecule has 0 spiro atoms. The fourth-order valence-corrected chi connectivity index (χ4v) is 0.884. The van der Waals surface area contributed by atoms with E-state index in [4.69, 9.17) is 4.74 Å². The van der Waals surface area contributed by atoms with Crippen LogP contribution in [0.25, 0.3) is 0 Å². The van der Waals surface area contributed by atoms with Crippen molar-refractivity contribution in [3.63, 3.8) is 0 Å². The fourth-order valence-electron chi connectivity index (χ4n) is 0.884. The second-order valence-electron chi connectivity index (χ2n) is 3.69. The fraction of sp³-hybridized carbons (Fsp3) is 0.889. The summed E-state index contributed by atoms with van der Waals surface area (Å²) in [5.41, 5.74) is -0.218. The molecule has 0 aliphatic heterocycles. The standard InChI is InChI=1S/C9H18O2/c1-6-8(10)7(2)11-9(3,4)5/h7H,6H2,1-5H3. The first-order chi connectivity index (χ1) is 4.87. The maximum absolute atomic E-state index is 11.1. The Morgan fingerprint density at radius 3 is 2.18 bits per heavy atom. The zero-order chi connectivity index (χ0) is 9.07. The largest absolute Gasteiger partial charge is 0.365 e. The minimum atomic E-state index is -0.264. The Labute approximate surface area is 68.9 Å². The maximum atomic E-state index is 11.1. The Morgan fingerprint density at radius 1 is 1.45 bits per heavy atom. The van der Waals surface area contributed by atoms with Crippen LogP contribution in [0.5, 0.6) is 0 Å². The van der Waals surface area contributed by atoms with Crippen LogP contribution >= 0.6 is 0 Å². The molecule has 0 aromatic heterocycles. The second kappa shape index (κ2) is 3.86. The third kappa shape index (κ3) is 4.96. The van der Waals surface area contributed by atoms with Crippen molar-refractivity contribution in [1.82, 2.24) is 0 Å². The van der Waals surface area contributed by atoms with Crippen molar-refractivity contribution >= 4 is 5.78 Å². The Kier molecular flexibility index (Phi) is 3.73. The summed E-state index contributed by atoms with van der Waals surface area (Å²) in [5, 5.41) is 0. The zero-order valence-electron chi connectivity index (χ0n) is 8.10. The van der Waals surface area contributed by atoms with E-state index in [1.54, 1.807) is 6.92 Å². The SMILES string of the molecule is CCC(=O)C(C)OC(C)(C)C. The Bertz CT molecular complexity index is 133. The Hall–Kier alpha value is -0.370. The lowest BCUT2D eigenvalue weighted by molar-refractivity contribution is -0.137. The smallest absolute Gasteiger partial charge is 0.161 e. The number of rotatable bonds is 3. The molecule has 0 aromatic carbocycles. The third-order valence-electron chi connectivity index (χ3n) is 1.33. The molecule has 0 bridgehead atoms. The van der Waals surface area contributed by atoms with Gasteiger partial charge in [-0.15, -0.1) is 0 Å². The maximum Gasteiger partial charge on any atom is 0.161 e. The molecule has 0 heterocycles. The van der Waals surface area contributed by atoms with Crippen LogP contribution in [-0.4, -0.2) is 17.5 Å². The third-order valence-corrected chi connectivity index (χ3v) is 1.33. The van der Waals surface area contributed by atoms with Crippen LogP contribution in [0.4, 0.5) is 0 Å². The van der Waals surface area contributed by atoms with E-state index in [1.165, 1.54) is 0 Å². The van der Waals surface area contributed by atoms with Crippen LogP contribution in [0.2, 0.25) is 0 Å². The molecule has 2 nitrogen and oxygen atoms in total. The first kappa shape index (κ1) is 10.6. The van der Waals surface area contributed by atoms with Crippen LogP contribution < -0.4 is 0 Å². The van der Waals surface area contributed by atoms with E-state index < -0.39 is 0 Å². The van der Waals surface area contributed by atoms with Crippen LogP contribution in [-0.2, 0) is 9.53 Å². The molecular weight excluding hydrogens is 140 g/mol. The number of Topliss-reactive ketones (excluding diaryl/α,β-unsaturated/α-hetero) is 1. The zero-order valence-corrected chi connectivity index (χ0v) is 8.10. The normalized spacial score (nSPS) is 14.6. The van der Waals surface area contributed by atoms with Crippen molar-refractivity contribution in [3.05, 3.63) is 0 Å². The molecule has 0 amide bonds.